The lowest BCUT2D eigenvalue weighted by Gasteiger charge is -2.01. The molecule has 2 rings (SSSR count). The van der Waals surface area contributed by atoms with E-state index in [1.165, 1.54) is 18.4 Å². The van der Waals surface area contributed by atoms with E-state index in [4.69, 9.17) is 0 Å². The van der Waals surface area contributed by atoms with Crippen molar-refractivity contribution in [3.8, 4) is 0 Å². The lowest BCUT2D eigenvalue weighted by molar-refractivity contribution is -0.140. The average Bonchev–Trinajstić information content (AvgIpc) is 2.91. The van der Waals surface area contributed by atoms with E-state index in [9.17, 15) is 4.79 Å². The highest BCUT2D eigenvalue weighted by molar-refractivity contribution is 7.13. The Morgan fingerprint density at radius 3 is 3.16 bits per heavy atom. The summed E-state index contributed by atoms with van der Waals surface area (Å²) in [6, 6.07) is 3.91. The Hall–Kier alpha value is -1.95. The van der Waals surface area contributed by atoms with Gasteiger partial charge in [0, 0.05) is 30.7 Å². The molecule has 100 valence electrons. The molecule has 19 heavy (non-hydrogen) atoms. The number of esters is 1. The molecule has 0 saturated heterocycles. The fourth-order valence-electron chi connectivity index (χ4n) is 1.52. The smallest absolute Gasteiger partial charge is 0.305 e. The first-order valence-corrected chi connectivity index (χ1v) is 6.80. The molecule has 0 bridgehead atoms. The second-order valence-corrected chi connectivity index (χ2v) is 4.79. The zero-order valence-corrected chi connectivity index (χ0v) is 11.4. The second kappa shape index (κ2) is 6.84. The van der Waals surface area contributed by atoms with Crippen LogP contribution >= 0.6 is 11.3 Å². The highest BCUT2D eigenvalue weighted by Crippen LogP contribution is 2.17. The largest absolute Gasteiger partial charge is 0.469 e. The Kier molecular flexibility index (Phi) is 4.85. The van der Waals surface area contributed by atoms with Crippen molar-refractivity contribution in [1.29, 1.82) is 0 Å². The molecule has 0 aliphatic carbocycles. The number of aromatic nitrogens is 2. The molecule has 0 fully saturated rings. The summed E-state index contributed by atoms with van der Waals surface area (Å²) in [6.45, 7) is 0.692. The van der Waals surface area contributed by atoms with Crippen LogP contribution in [-0.2, 0) is 22.5 Å². The first-order valence-electron chi connectivity index (χ1n) is 5.92. The van der Waals surface area contributed by atoms with E-state index in [-0.39, 0.29) is 5.97 Å². The quantitative estimate of drug-likeness (QED) is 0.820. The lowest BCUT2D eigenvalue weighted by atomic mass is 10.2. The summed E-state index contributed by atoms with van der Waals surface area (Å²) in [4.78, 5) is 19.5. The molecule has 0 saturated carbocycles. The number of carbonyl (C=O) groups excluding carboxylic acids is 1. The number of aryl methyl sites for hydroxylation is 1. The molecule has 1 N–H and O–H groups in total. The normalized spacial score (nSPS) is 10.2. The molecule has 0 unspecified atom stereocenters. The first kappa shape index (κ1) is 13.5. The van der Waals surface area contributed by atoms with E-state index in [2.05, 4.69) is 20.0 Å². The van der Waals surface area contributed by atoms with Crippen LogP contribution in [0.25, 0.3) is 0 Å². The number of anilines is 1. The van der Waals surface area contributed by atoms with Gasteiger partial charge in [-0.3, -0.25) is 9.78 Å². The van der Waals surface area contributed by atoms with Crippen LogP contribution in [0.15, 0.2) is 29.9 Å². The summed E-state index contributed by atoms with van der Waals surface area (Å²) in [6.07, 6.45) is 4.54. The number of carbonyl (C=O) groups is 1. The van der Waals surface area contributed by atoms with Gasteiger partial charge in [0.15, 0.2) is 5.13 Å². The molecule has 2 heterocycles. The fraction of sp³-hybridized carbons (Fsp3) is 0.308. The van der Waals surface area contributed by atoms with E-state index in [1.807, 2.05) is 23.7 Å². The van der Waals surface area contributed by atoms with Crippen LogP contribution in [0.2, 0.25) is 0 Å². The summed E-state index contributed by atoms with van der Waals surface area (Å²) in [5.41, 5.74) is 2.01. The Labute approximate surface area is 115 Å². The van der Waals surface area contributed by atoms with E-state index >= 15 is 0 Å². The predicted molar refractivity (Wildman–Crippen MR) is 74.0 cm³/mol. The first-order chi connectivity index (χ1) is 9.28. The lowest BCUT2D eigenvalue weighted by Crippen LogP contribution is -2.02. The molecule has 6 heteroatoms. The standard InChI is InChI=1S/C13H15N3O2S/c1-18-12(17)5-4-11-9-19-13(16-11)15-8-10-3-2-6-14-7-10/h2-3,6-7,9H,4-5,8H2,1H3,(H,15,16). The number of thiazole rings is 1. The van der Waals surface area contributed by atoms with Gasteiger partial charge in [0.25, 0.3) is 0 Å². The summed E-state index contributed by atoms with van der Waals surface area (Å²) >= 11 is 1.53. The molecule has 5 nitrogen and oxygen atoms in total. The zero-order chi connectivity index (χ0) is 13.5. The molecule has 0 aromatic carbocycles. The number of nitrogens with zero attached hydrogens (tertiary/aromatic N) is 2. The molecule has 2 aromatic heterocycles. The van der Waals surface area contributed by atoms with E-state index in [0.29, 0.717) is 19.4 Å². The number of nitrogens with one attached hydrogen (secondary N) is 1. The van der Waals surface area contributed by atoms with Gasteiger partial charge in [0.05, 0.1) is 19.2 Å². The maximum absolute atomic E-state index is 11.0. The molecule has 0 atom stereocenters. The molecular weight excluding hydrogens is 262 g/mol. The van der Waals surface area contributed by atoms with Gasteiger partial charge in [0.2, 0.25) is 0 Å². The van der Waals surface area contributed by atoms with Crippen LogP contribution in [-0.4, -0.2) is 23.0 Å². The average molecular weight is 277 g/mol. The Bertz CT molecular complexity index is 528. The molecule has 0 amide bonds. The highest BCUT2D eigenvalue weighted by Gasteiger charge is 2.05. The minimum Gasteiger partial charge on any atom is -0.469 e. The number of hydrogen-bond donors (Lipinski definition) is 1. The number of methoxy groups -OCH3 is 1. The van der Waals surface area contributed by atoms with Crippen LogP contribution in [0.1, 0.15) is 17.7 Å². The van der Waals surface area contributed by atoms with E-state index < -0.39 is 0 Å². The van der Waals surface area contributed by atoms with Gasteiger partial charge >= 0.3 is 5.97 Å². The molecule has 2 aromatic rings. The molecule has 0 spiro atoms. The number of hydrogen-bond acceptors (Lipinski definition) is 6. The van der Waals surface area contributed by atoms with Crippen LogP contribution in [0.4, 0.5) is 5.13 Å². The number of pyridine rings is 1. The van der Waals surface area contributed by atoms with Gasteiger partial charge in [-0.05, 0) is 11.6 Å². The summed E-state index contributed by atoms with van der Waals surface area (Å²) in [7, 11) is 1.39. The van der Waals surface area contributed by atoms with Gasteiger partial charge in [0.1, 0.15) is 0 Å². The van der Waals surface area contributed by atoms with Crippen molar-refractivity contribution in [2.24, 2.45) is 0 Å². The van der Waals surface area contributed by atoms with Crippen molar-refractivity contribution in [2.75, 3.05) is 12.4 Å². The van der Waals surface area contributed by atoms with Crippen LogP contribution in [0.5, 0.6) is 0 Å². The van der Waals surface area contributed by atoms with Gasteiger partial charge < -0.3 is 10.1 Å². The van der Waals surface area contributed by atoms with Crippen molar-refractivity contribution in [3.63, 3.8) is 0 Å². The molecule has 0 aliphatic rings. The summed E-state index contributed by atoms with van der Waals surface area (Å²) in [5, 5.41) is 6.04. The highest BCUT2D eigenvalue weighted by atomic mass is 32.1. The summed E-state index contributed by atoms with van der Waals surface area (Å²) < 4.78 is 4.60. The SMILES string of the molecule is COC(=O)CCc1csc(NCc2cccnc2)n1. The molecule has 0 aliphatic heterocycles. The topological polar surface area (TPSA) is 64.1 Å². The van der Waals surface area contributed by atoms with Crippen molar-refractivity contribution in [2.45, 2.75) is 19.4 Å². The zero-order valence-electron chi connectivity index (χ0n) is 10.6. The maximum Gasteiger partial charge on any atom is 0.305 e. The monoisotopic (exact) mass is 277 g/mol. The van der Waals surface area contributed by atoms with Crippen molar-refractivity contribution < 1.29 is 9.53 Å². The third kappa shape index (κ3) is 4.33. The molecule has 0 radical (unpaired) electrons. The van der Waals surface area contributed by atoms with E-state index in [0.717, 1.165) is 16.4 Å². The number of ether oxygens (including phenoxy) is 1. The Morgan fingerprint density at radius 2 is 2.42 bits per heavy atom. The Morgan fingerprint density at radius 1 is 1.53 bits per heavy atom. The van der Waals surface area contributed by atoms with Crippen LogP contribution < -0.4 is 5.32 Å². The van der Waals surface area contributed by atoms with Gasteiger partial charge in [-0.1, -0.05) is 6.07 Å². The summed E-state index contributed by atoms with van der Waals surface area (Å²) in [5.74, 6) is -0.210. The second-order valence-electron chi connectivity index (χ2n) is 3.93. The Balaban J connectivity index is 1.82. The third-order valence-electron chi connectivity index (χ3n) is 2.53. The molecular formula is C13H15N3O2S. The van der Waals surface area contributed by atoms with Crippen molar-refractivity contribution in [3.05, 3.63) is 41.2 Å². The van der Waals surface area contributed by atoms with Crippen LogP contribution in [0, 0.1) is 0 Å². The van der Waals surface area contributed by atoms with Gasteiger partial charge in [-0.15, -0.1) is 11.3 Å². The fourth-order valence-corrected chi connectivity index (χ4v) is 2.26. The van der Waals surface area contributed by atoms with Crippen molar-refractivity contribution in [1.82, 2.24) is 9.97 Å². The van der Waals surface area contributed by atoms with Gasteiger partial charge in [-0.25, -0.2) is 4.98 Å². The van der Waals surface area contributed by atoms with Gasteiger partial charge in [-0.2, -0.15) is 0 Å². The minimum atomic E-state index is -0.210. The van der Waals surface area contributed by atoms with Crippen LogP contribution in [0.3, 0.4) is 0 Å². The predicted octanol–water partition coefficient (Wildman–Crippen LogP) is 2.26. The maximum atomic E-state index is 11.0. The number of rotatable bonds is 6. The van der Waals surface area contributed by atoms with E-state index in [1.54, 1.807) is 6.20 Å². The van der Waals surface area contributed by atoms with Crippen molar-refractivity contribution >= 4 is 22.4 Å². The third-order valence-corrected chi connectivity index (χ3v) is 3.38. The minimum absolute atomic E-state index is 0.210.